The van der Waals surface area contributed by atoms with E-state index in [9.17, 15) is 0 Å². The first kappa shape index (κ1) is 17.1. The van der Waals surface area contributed by atoms with Gasteiger partial charge in [-0.3, -0.25) is 4.98 Å². The monoisotopic (exact) mass is 347 g/mol. The minimum absolute atomic E-state index is 0.608. The van der Waals surface area contributed by atoms with Gasteiger partial charge in [-0.15, -0.1) is 11.3 Å². The third kappa shape index (κ3) is 4.21. The molecule has 3 rings (SSSR count). The second-order valence-corrected chi connectivity index (χ2v) is 7.25. The van der Waals surface area contributed by atoms with Crippen molar-refractivity contribution in [2.24, 2.45) is 5.92 Å². The molecular formula is C17H25N5OS. The van der Waals surface area contributed by atoms with E-state index < -0.39 is 0 Å². The number of nitrogens with zero attached hydrogens (tertiary/aromatic N) is 5. The van der Waals surface area contributed by atoms with Crippen LogP contribution in [-0.2, 0) is 6.54 Å². The Kier molecular flexibility index (Phi) is 5.63. The van der Waals surface area contributed by atoms with Gasteiger partial charge in [-0.1, -0.05) is 0 Å². The van der Waals surface area contributed by atoms with E-state index in [1.165, 1.54) is 11.3 Å². The van der Waals surface area contributed by atoms with E-state index in [1.54, 1.807) is 17.5 Å². The number of rotatable bonds is 7. The van der Waals surface area contributed by atoms with Crippen LogP contribution in [0.2, 0.25) is 0 Å². The van der Waals surface area contributed by atoms with Crippen LogP contribution in [0.4, 0.5) is 5.82 Å². The number of aryl methyl sites for hydroxylation is 1. The lowest BCUT2D eigenvalue weighted by Gasteiger charge is -2.21. The second kappa shape index (κ2) is 7.90. The summed E-state index contributed by atoms with van der Waals surface area (Å²) in [6.07, 6.45) is 4.69. The zero-order chi connectivity index (χ0) is 16.9. The van der Waals surface area contributed by atoms with E-state index in [0.29, 0.717) is 18.4 Å². The Hall–Kier alpha value is -1.73. The van der Waals surface area contributed by atoms with Crippen LogP contribution in [0, 0.1) is 12.8 Å². The summed E-state index contributed by atoms with van der Waals surface area (Å²) in [5.41, 5.74) is 3.09. The van der Waals surface area contributed by atoms with E-state index in [-0.39, 0.29) is 0 Å². The van der Waals surface area contributed by atoms with Crippen LogP contribution in [0.25, 0.3) is 0 Å². The largest absolute Gasteiger partial charge is 0.477 e. The molecule has 0 aliphatic carbocycles. The van der Waals surface area contributed by atoms with Crippen molar-refractivity contribution in [3.8, 4) is 5.88 Å². The van der Waals surface area contributed by atoms with Gasteiger partial charge in [0.05, 0.1) is 30.2 Å². The summed E-state index contributed by atoms with van der Waals surface area (Å²) in [4.78, 5) is 19.2. The van der Waals surface area contributed by atoms with E-state index in [0.717, 1.165) is 37.7 Å². The predicted molar refractivity (Wildman–Crippen MR) is 96.7 cm³/mol. The molecule has 0 N–H and O–H groups in total. The molecule has 0 spiro atoms. The van der Waals surface area contributed by atoms with E-state index in [1.807, 2.05) is 18.6 Å². The van der Waals surface area contributed by atoms with Crippen LogP contribution in [0.15, 0.2) is 17.9 Å². The molecule has 6 nitrogen and oxygen atoms in total. The highest BCUT2D eigenvalue weighted by atomic mass is 32.1. The fraction of sp³-hybridized carbons (Fsp3) is 0.588. The van der Waals surface area contributed by atoms with Gasteiger partial charge in [0.15, 0.2) is 5.82 Å². The van der Waals surface area contributed by atoms with Crippen molar-refractivity contribution in [3.05, 3.63) is 28.5 Å². The molecule has 0 radical (unpaired) electrons. The van der Waals surface area contributed by atoms with Crippen molar-refractivity contribution in [2.45, 2.75) is 26.8 Å². The lowest BCUT2D eigenvalue weighted by Crippen LogP contribution is -2.28. The maximum Gasteiger partial charge on any atom is 0.234 e. The lowest BCUT2D eigenvalue weighted by molar-refractivity contribution is 0.281. The Balaban J connectivity index is 1.53. The summed E-state index contributed by atoms with van der Waals surface area (Å²) in [5.74, 6) is 2.18. The third-order valence-electron chi connectivity index (χ3n) is 4.33. The lowest BCUT2D eigenvalue weighted by atomic mass is 10.1. The third-order valence-corrected chi connectivity index (χ3v) is 5.25. The number of aromatic nitrogens is 3. The predicted octanol–water partition coefficient (Wildman–Crippen LogP) is 2.60. The van der Waals surface area contributed by atoms with E-state index >= 15 is 0 Å². The van der Waals surface area contributed by atoms with Crippen molar-refractivity contribution in [2.75, 3.05) is 38.2 Å². The van der Waals surface area contributed by atoms with Gasteiger partial charge < -0.3 is 14.5 Å². The number of thiazole rings is 1. The number of ether oxygens (including phenoxy) is 1. The Morgan fingerprint density at radius 1 is 1.42 bits per heavy atom. The number of hydrogen-bond acceptors (Lipinski definition) is 7. The Labute approximate surface area is 147 Å². The van der Waals surface area contributed by atoms with Gasteiger partial charge in [-0.05, 0) is 33.2 Å². The normalized spacial score (nSPS) is 17.7. The van der Waals surface area contributed by atoms with Crippen molar-refractivity contribution >= 4 is 17.2 Å². The molecule has 24 heavy (non-hydrogen) atoms. The fourth-order valence-corrected chi connectivity index (χ4v) is 3.98. The maximum atomic E-state index is 5.45. The molecule has 0 amide bonds. The highest BCUT2D eigenvalue weighted by molar-refractivity contribution is 7.09. The van der Waals surface area contributed by atoms with Crippen molar-refractivity contribution in [1.82, 2.24) is 19.9 Å². The maximum absolute atomic E-state index is 5.45. The number of anilines is 1. The SMILES string of the molecule is CCOc1cncc(N2CCC(CN(C)Cc3scnc3C)C2)n1. The summed E-state index contributed by atoms with van der Waals surface area (Å²) in [7, 11) is 2.19. The first-order valence-corrected chi connectivity index (χ1v) is 9.31. The Morgan fingerprint density at radius 2 is 2.29 bits per heavy atom. The van der Waals surface area contributed by atoms with Crippen LogP contribution in [-0.4, -0.2) is 53.1 Å². The van der Waals surface area contributed by atoms with Gasteiger partial charge >= 0.3 is 0 Å². The standard InChI is InChI=1S/C17H25N5OS/c1-4-23-17-8-18-7-16(20-17)22-6-5-14(10-22)9-21(3)11-15-13(2)19-12-24-15/h7-8,12,14H,4-6,9-11H2,1-3H3. The zero-order valence-corrected chi connectivity index (χ0v) is 15.4. The highest BCUT2D eigenvalue weighted by Gasteiger charge is 2.25. The molecule has 0 saturated carbocycles. The van der Waals surface area contributed by atoms with Gasteiger partial charge in [0.1, 0.15) is 0 Å². The first-order chi connectivity index (χ1) is 11.7. The summed E-state index contributed by atoms with van der Waals surface area (Å²) in [5, 5.41) is 0. The molecule has 1 unspecified atom stereocenters. The second-order valence-electron chi connectivity index (χ2n) is 6.31. The van der Waals surface area contributed by atoms with Crippen LogP contribution >= 0.6 is 11.3 Å². The van der Waals surface area contributed by atoms with E-state index in [2.05, 4.69) is 38.7 Å². The van der Waals surface area contributed by atoms with E-state index in [4.69, 9.17) is 4.74 Å². The first-order valence-electron chi connectivity index (χ1n) is 8.43. The topological polar surface area (TPSA) is 54.4 Å². The Bertz CT molecular complexity index is 662. The molecule has 1 saturated heterocycles. The minimum atomic E-state index is 0.608. The molecule has 1 aliphatic heterocycles. The molecule has 1 atom stereocenters. The quantitative estimate of drug-likeness (QED) is 0.767. The Morgan fingerprint density at radius 3 is 3.04 bits per heavy atom. The number of hydrogen-bond donors (Lipinski definition) is 0. The molecule has 1 fully saturated rings. The summed E-state index contributed by atoms with van der Waals surface area (Å²) in [6.45, 7) is 8.78. The van der Waals surface area contributed by atoms with Gasteiger partial charge in [0.25, 0.3) is 0 Å². The minimum Gasteiger partial charge on any atom is -0.477 e. The van der Waals surface area contributed by atoms with Crippen LogP contribution in [0.1, 0.15) is 23.9 Å². The summed E-state index contributed by atoms with van der Waals surface area (Å²) >= 11 is 1.74. The molecule has 2 aromatic heterocycles. The van der Waals surface area contributed by atoms with Crippen molar-refractivity contribution < 1.29 is 4.74 Å². The van der Waals surface area contributed by atoms with Crippen molar-refractivity contribution in [1.29, 1.82) is 0 Å². The fourth-order valence-electron chi connectivity index (χ4n) is 3.13. The smallest absolute Gasteiger partial charge is 0.234 e. The van der Waals surface area contributed by atoms with Crippen LogP contribution in [0.5, 0.6) is 5.88 Å². The van der Waals surface area contributed by atoms with Gasteiger partial charge in [0, 0.05) is 31.1 Å². The molecule has 2 aromatic rings. The molecule has 130 valence electrons. The van der Waals surface area contributed by atoms with Crippen LogP contribution in [0.3, 0.4) is 0 Å². The van der Waals surface area contributed by atoms with Gasteiger partial charge in [0.2, 0.25) is 5.88 Å². The summed E-state index contributed by atoms with van der Waals surface area (Å²) < 4.78 is 5.45. The molecule has 3 heterocycles. The van der Waals surface area contributed by atoms with Gasteiger partial charge in [-0.2, -0.15) is 4.98 Å². The molecule has 0 aromatic carbocycles. The summed E-state index contributed by atoms with van der Waals surface area (Å²) in [6, 6.07) is 0. The van der Waals surface area contributed by atoms with Crippen LogP contribution < -0.4 is 9.64 Å². The molecular weight excluding hydrogens is 322 g/mol. The zero-order valence-electron chi connectivity index (χ0n) is 14.6. The van der Waals surface area contributed by atoms with Gasteiger partial charge in [-0.25, -0.2) is 4.98 Å². The van der Waals surface area contributed by atoms with Crippen molar-refractivity contribution in [3.63, 3.8) is 0 Å². The average Bonchev–Trinajstić information content (AvgIpc) is 3.18. The molecule has 1 aliphatic rings. The molecule has 0 bridgehead atoms. The average molecular weight is 347 g/mol. The molecule has 7 heteroatoms. The highest BCUT2D eigenvalue weighted by Crippen LogP contribution is 2.24.